The molecule has 4 rings (SSSR count). The third kappa shape index (κ3) is 8.19. The van der Waals surface area contributed by atoms with E-state index >= 15 is 0 Å². The summed E-state index contributed by atoms with van der Waals surface area (Å²) in [5.74, 6) is 0.560. The maximum Gasteiger partial charge on any atom is 0.416 e. The third-order valence-corrected chi connectivity index (χ3v) is 7.57. The molecule has 0 aliphatic carbocycles. The number of amides is 3. The van der Waals surface area contributed by atoms with Gasteiger partial charge < -0.3 is 29.9 Å². The van der Waals surface area contributed by atoms with Crippen molar-refractivity contribution in [2.24, 2.45) is 0 Å². The molecule has 4 aromatic rings. The van der Waals surface area contributed by atoms with Crippen LogP contribution in [0.3, 0.4) is 0 Å². The Bertz CT molecular complexity index is 1760. The number of ether oxygens (including phenoxy) is 2. The van der Waals surface area contributed by atoms with Crippen molar-refractivity contribution in [1.82, 2.24) is 14.9 Å². The van der Waals surface area contributed by atoms with Crippen LogP contribution in [0.15, 0.2) is 54.9 Å². The van der Waals surface area contributed by atoms with Crippen molar-refractivity contribution in [3.05, 3.63) is 71.5 Å². The first kappa shape index (κ1) is 34.8. The Morgan fingerprint density at radius 3 is 2.21 bits per heavy atom. The molecule has 2 N–H and O–H groups in total. The monoisotopic (exact) mass is 653 g/mol. The third-order valence-electron chi connectivity index (χ3n) is 7.57. The summed E-state index contributed by atoms with van der Waals surface area (Å²) >= 11 is 0. The Morgan fingerprint density at radius 1 is 0.851 bits per heavy atom. The Morgan fingerprint density at radius 2 is 1.55 bits per heavy atom. The van der Waals surface area contributed by atoms with Gasteiger partial charge in [0.05, 0.1) is 36.7 Å². The van der Waals surface area contributed by atoms with Crippen LogP contribution in [0.4, 0.5) is 40.8 Å². The first-order chi connectivity index (χ1) is 22.2. The highest BCUT2D eigenvalue weighted by molar-refractivity contribution is 6.09. The van der Waals surface area contributed by atoms with E-state index in [-0.39, 0.29) is 11.3 Å². The van der Waals surface area contributed by atoms with Gasteiger partial charge in [-0.2, -0.15) is 13.2 Å². The zero-order valence-corrected chi connectivity index (χ0v) is 27.3. The summed E-state index contributed by atoms with van der Waals surface area (Å²) in [4.78, 5) is 40.5. The van der Waals surface area contributed by atoms with Crippen LogP contribution in [0.2, 0.25) is 0 Å². The minimum absolute atomic E-state index is 0.0192. The normalized spacial score (nSPS) is 11.4. The SMILES string of the molecule is COc1cc2ncnc(N(C)C(=O)Nc3cc(C(=O)Nc4cc(C(F)(F)F)ccc4N(C)CCCN(C)C)ccc3C)c2cc1OC. The molecule has 3 amide bonds. The quantitative estimate of drug-likeness (QED) is 0.195. The number of benzene rings is 3. The van der Waals surface area contributed by atoms with Gasteiger partial charge in [-0.25, -0.2) is 14.8 Å². The molecule has 0 fully saturated rings. The first-order valence-corrected chi connectivity index (χ1v) is 14.6. The van der Waals surface area contributed by atoms with Crippen molar-refractivity contribution >= 4 is 45.7 Å². The van der Waals surface area contributed by atoms with Crippen molar-refractivity contribution in [1.29, 1.82) is 0 Å². The second-order valence-corrected chi connectivity index (χ2v) is 11.2. The summed E-state index contributed by atoms with van der Waals surface area (Å²) < 4.78 is 51.6. The number of anilines is 4. The number of aromatic nitrogens is 2. The molecule has 0 aliphatic heterocycles. The number of methoxy groups -OCH3 is 2. The van der Waals surface area contributed by atoms with Gasteiger partial charge >= 0.3 is 12.2 Å². The molecular formula is C33H38F3N7O4. The number of nitrogens with one attached hydrogen (secondary N) is 2. The lowest BCUT2D eigenvalue weighted by molar-refractivity contribution is -0.137. The summed E-state index contributed by atoms with van der Waals surface area (Å²) in [6.45, 7) is 3.10. The lowest BCUT2D eigenvalue weighted by Crippen LogP contribution is -2.32. The molecular weight excluding hydrogens is 615 g/mol. The number of hydrogen-bond donors (Lipinski definition) is 2. The average Bonchev–Trinajstić information content (AvgIpc) is 3.03. The Hall–Kier alpha value is -5.11. The minimum Gasteiger partial charge on any atom is -0.493 e. The van der Waals surface area contributed by atoms with Gasteiger partial charge in [0.1, 0.15) is 12.1 Å². The van der Waals surface area contributed by atoms with Crippen molar-refractivity contribution in [3.63, 3.8) is 0 Å². The number of rotatable bonds is 11. The topological polar surface area (TPSA) is 112 Å². The molecule has 11 nitrogen and oxygen atoms in total. The summed E-state index contributed by atoms with van der Waals surface area (Å²) in [6, 6.07) is 10.7. The highest BCUT2D eigenvalue weighted by atomic mass is 19.4. The summed E-state index contributed by atoms with van der Waals surface area (Å²) in [6.07, 6.45) is -2.51. The molecule has 0 unspecified atom stereocenters. The summed E-state index contributed by atoms with van der Waals surface area (Å²) in [5, 5.41) is 6.00. The maximum absolute atomic E-state index is 13.6. The molecule has 1 aromatic heterocycles. The number of hydrogen-bond acceptors (Lipinski definition) is 8. The molecule has 47 heavy (non-hydrogen) atoms. The van der Waals surface area contributed by atoms with E-state index in [1.54, 1.807) is 37.1 Å². The number of nitrogens with zero attached hydrogens (tertiary/aromatic N) is 5. The molecule has 1 heterocycles. The summed E-state index contributed by atoms with van der Waals surface area (Å²) in [7, 11) is 10.2. The number of carbonyl (C=O) groups is 2. The second kappa shape index (κ2) is 14.5. The molecule has 0 radical (unpaired) electrons. The van der Waals surface area contributed by atoms with E-state index < -0.39 is 23.7 Å². The van der Waals surface area contributed by atoms with Gasteiger partial charge in [-0.1, -0.05) is 6.07 Å². The van der Waals surface area contributed by atoms with Crippen molar-refractivity contribution < 1.29 is 32.2 Å². The molecule has 0 spiro atoms. The van der Waals surface area contributed by atoms with Gasteiger partial charge in [0.15, 0.2) is 11.5 Å². The highest BCUT2D eigenvalue weighted by Gasteiger charge is 2.31. The van der Waals surface area contributed by atoms with Crippen LogP contribution in [0.25, 0.3) is 10.9 Å². The van der Waals surface area contributed by atoms with Gasteiger partial charge in [-0.05, 0) is 75.9 Å². The fourth-order valence-corrected chi connectivity index (χ4v) is 4.91. The first-order valence-electron chi connectivity index (χ1n) is 14.6. The van der Waals surface area contributed by atoms with Crippen molar-refractivity contribution in [2.45, 2.75) is 19.5 Å². The minimum atomic E-state index is -4.60. The van der Waals surface area contributed by atoms with Crippen LogP contribution >= 0.6 is 0 Å². The smallest absolute Gasteiger partial charge is 0.416 e. The van der Waals surface area contributed by atoms with E-state index in [4.69, 9.17) is 9.47 Å². The standard InChI is InChI=1S/C33H38F3N7O4/c1-20-9-10-21(31(44)39-26-16-22(33(34,35)36)11-12-27(26)42(4)14-8-13-41(2)3)15-24(20)40-32(45)43(5)30-23-17-28(46-6)29(47-7)18-25(23)37-19-38-30/h9-12,15-19H,8,13-14H2,1-7H3,(H,39,44)(H,40,45). The second-order valence-electron chi connectivity index (χ2n) is 11.2. The van der Waals surface area contributed by atoms with Crippen LogP contribution < -0.4 is 29.9 Å². The van der Waals surface area contributed by atoms with Crippen LogP contribution in [0.5, 0.6) is 11.5 Å². The molecule has 3 aromatic carbocycles. The van der Waals surface area contributed by atoms with E-state index in [1.165, 1.54) is 50.7 Å². The lowest BCUT2D eigenvalue weighted by atomic mass is 10.1. The largest absolute Gasteiger partial charge is 0.493 e. The zero-order chi connectivity index (χ0) is 34.5. The average molecular weight is 654 g/mol. The van der Waals surface area contributed by atoms with Gasteiger partial charge in [0, 0.05) is 43.3 Å². The van der Waals surface area contributed by atoms with Gasteiger partial charge in [0.2, 0.25) is 0 Å². The van der Waals surface area contributed by atoms with Crippen LogP contribution in [0.1, 0.15) is 27.9 Å². The van der Waals surface area contributed by atoms with Crippen molar-refractivity contribution in [3.8, 4) is 11.5 Å². The van der Waals surface area contributed by atoms with E-state index in [2.05, 4.69) is 20.6 Å². The number of urea groups is 1. The van der Waals surface area contributed by atoms with E-state index in [9.17, 15) is 22.8 Å². The highest BCUT2D eigenvalue weighted by Crippen LogP contribution is 2.36. The molecule has 250 valence electrons. The number of aryl methyl sites for hydroxylation is 1. The van der Waals surface area contributed by atoms with Crippen molar-refractivity contribution in [2.75, 3.05) is 75.9 Å². The number of fused-ring (bicyclic) bond motifs is 1. The molecule has 0 aliphatic rings. The molecule has 0 bridgehead atoms. The number of carbonyl (C=O) groups excluding carboxylic acids is 2. The van der Waals surface area contributed by atoms with E-state index in [1.807, 2.05) is 19.0 Å². The van der Waals surface area contributed by atoms with Gasteiger partial charge in [0.25, 0.3) is 5.91 Å². The maximum atomic E-state index is 13.6. The van der Waals surface area contributed by atoms with Crippen LogP contribution in [0, 0.1) is 6.92 Å². The van der Waals surface area contributed by atoms with Gasteiger partial charge in [-0.3, -0.25) is 9.69 Å². The Kier molecular flexibility index (Phi) is 10.8. The summed E-state index contributed by atoms with van der Waals surface area (Å²) in [5.41, 5.74) is 1.23. The Balaban J connectivity index is 1.59. The number of alkyl halides is 3. The molecule has 0 saturated carbocycles. The Labute approximate surface area is 271 Å². The fourth-order valence-electron chi connectivity index (χ4n) is 4.91. The zero-order valence-electron chi connectivity index (χ0n) is 27.3. The molecule has 14 heteroatoms. The van der Waals surface area contributed by atoms with Crippen LogP contribution in [-0.2, 0) is 6.18 Å². The van der Waals surface area contributed by atoms with Crippen LogP contribution in [-0.4, -0.2) is 82.3 Å². The predicted molar refractivity (Wildman–Crippen MR) is 177 cm³/mol. The van der Waals surface area contributed by atoms with E-state index in [0.717, 1.165) is 25.1 Å². The lowest BCUT2D eigenvalue weighted by Gasteiger charge is -2.24. The number of halogens is 3. The molecule has 0 atom stereocenters. The fraction of sp³-hybridized carbons (Fsp3) is 0.333. The predicted octanol–water partition coefficient (Wildman–Crippen LogP) is 6.28. The van der Waals surface area contributed by atoms with Gasteiger partial charge in [-0.15, -0.1) is 0 Å². The molecule has 0 saturated heterocycles. The van der Waals surface area contributed by atoms with E-state index in [0.29, 0.717) is 51.7 Å².